The van der Waals surface area contributed by atoms with Crippen LogP contribution >= 0.6 is 0 Å². The second-order valence-electron chi connectivity index (χ2n) is 6.34. The number of carbonyl (C=O) groups excluding carboxylic acids is 1. The molecule has 0 radical (unpaired) electrons. The Morgan fingerprint density at radius 3 is 2.55 bits per heavy atom. The molecule has 0 aromatic heterocycles. The number of rotatable bonds is 3. The smallest absolute Gasteiger partial charge is 0.253 e. The highest BCUT2D eigenvalue weighted by molar-refractivity contribution is 5.81. The number of ether oxygens (including phenoxy) is 1. The molecule has 114 valence electrons. The van der Waals surface area contributed by atoms with Crippen LogP contribution in [0.3, 0.4) is 0 Å². The number of amides is 1. The van der Waals surface area contributed by atoms with E-state index >= 15 is 0 Å². The predicted octanol–water partition coefficient (Wildman–Crippen LogP) is 0.309. The first kappa shape index (κ1) is 14.3. The second-order valence-corrected chi connectivity index (χ2v) is 6.34. The summed E-state index contributed by atoms with van der Waals surface area (Å²) in [4.78, 5) is 17.0. The quantitative estimate of drug-likeness (QED) is 0.809. The number of hydrogen-bond acceptors (Lipinski definition) is 4. The lowest BCUT2D eigenvalue weighted by atomic mass is 9.96. The number of nitrogens with zero attached hydrogens (tertiary/aromatic N) is 2. The lowest BCUT2D eigenvalue weighted by Crippen LogP contribution is -2.51. The minimum Gasteiger partial charge on any atom is -0.366 e. The van der Waals surface area contributed by atoms with Gasteiger partial charge in [0.15, 0.2) is 0 Å². The third kappa shape index (κ3) is 3.51. The van der Waals surface area contributed by atoms with Crippen LogP contribution in [0.5, 0.6) is 0 Å². The summed E-state index contributed by atoms with van der Waals surface area (Å²) in [5.74, 6) is 0.972. The molecule has 5 nitrogen and oxygen atoms in total. The summed E-state index contributed by atoms with van der Waals surface area (Å²) < 4.78 is 5.57. The van der Waals surface area contributed by atoms with Gasteiger partial charge in [-0.2, -0.15) is 0 Å². The summed E-state index contributed by atoms with van der Waals surface area (Å²) in [5, 5.41) is 3.23. The van der Waals surface area contributed by atoms with Gasteiger partial charge in [-0.15, -0.1) is 0 Å². The summed E-state index contributed by atoms with van der Waals surface area (Å²) in [5.41, 5.74) is 0. The Morgan fingerprint density at radius 1 is 1.15 bits per heavy atom. The van der Waals surface area contributed by atoms with Gasteiger partial charge in [0.2, 0.25) is 0 Å². The number of nitrogens with one attached hydrogen (secondary N) is 1. The van der Waals surface area contributed by atoms with Crippen LogP contribution in [0.15, 0.2) is 0 Å². The molecule has 3 saturated heterocycles. The van der Waals surface area contributed by atoms with Gasteiger partial charge in [0.1, 0.15) is 6.10 Å². The van der Waals surface area contributed by atoms with Crippen molar-refractivity contribution in [3.8, 4) is 0 Å². The molecule has 3 rings (SSSR count). The Kier molecular flexibility index (Phi) is 4.91. The summed E-state index contributed by atoms with van der Waals surface area (Å²) >= 11 is 0. The van der Waals surface area contributed by atoms with Gasteiger partial charge < -0.3 is 19.9 Å². The molecule has 5 heteroatoms. The predicted molar refractivity (Wildman–Crippen MR) is 77.6 cm³/mol. The van der Waals surface area contributed by atoms with Crippen molar-refractivity contribution in [1.29, 1.82) is 0 Å². The Hall–Kier alpha value is -0.650. The minimum absolute atomic E-state index is 0.192. The maximum atomic E-state index is 12.4. The molecule has 3 aliphatic heterocycles. The molecule has 0 aromatic carbocycles. The van der Waals surface area contributed by atoms with E-state index in [-0.39, 0.29) is 12.0 Å². The SMILES string of the molecule is O=C(C1CNCCO1)N1CCC(CN2CCCC2)CC1. The van der Waals surface area contributed by atoms with Gasteiger partial charge in [-0.3, -0.25) is 4.79 Å². The summed E-state index contributed by atoms with van der Waals surface area (Å²) in [6.45, 7) is 7.81. The van der Waals surface area contributed by atoms with Crippen LogP contribution in [0.2, 0.25) is 0 Å². The van der Waals surface area contributed by atoms with Gasteiger partial charge in [-0.05, 0) is 44.7 Å². The van der Waals surface area contributed by atoms with E-state index in [1.807, 2.05) is 4.90 Å². The Bertz CT molecular complexity index is 317. The molecule has 0 spiro atoms. The van der Waals surface area contributed by atoms with Crippen LogP contribution in [-0.4, -0.2) is 74.2 Å². The molecule has 0 aromatic rings. The Balaban J connectivity index is 1.41. The van der Waals surface area contributed by atoms with Gasteiger partial charge in [0, 0.05) is 32.7 Å². The molecule has 0 saturated carbocycles. The molecular formula is C15H27N3O2. The van der Waals surface area contributed by atoms with Gasteiger partial charge >= 0.3 is 0 Å². The van der Waals surface area contributed by atoms with E-state index in [0.717, 1.165) is 38.4 Å². The second kappa shape index (κ2) is 6.87. The fourth-order valence-corrected chi connectivity index (χ4v) is 3.59. The zero-order chi connectivity index (χ0) is 13.8. The Morgan fingerprint density at radius 2 is 1.90 bits per heavy atom. The minimum atomic E-state index is -0.251. The number of morpholine rings is 1. The van der Waals surface area contributed by atoms with Crippen molar-refractivity contribution in [1.82, 2.24) is 15.1 Å². The molecule has 20 heavy (non-hydrogen) atoms. The molecule has 0 bridgehead atoms. The molecule has 3 heterocycles. The molecule has 1 amide bonds. The highest BCUT2D eigenvalue weighted by Gasteiger charge is 2.30. The van der Waals surface area contributed by atoms with Crippen molar-refractivity contribution < 1.29 is 9.53 Å². The maximum Gasteiger partial charge on any atom is 0.253 e. The van der Waals surface area contributed by atoms with E-state index in [9.17, 15) is 4.79 Å². The van der Waals surface area contributed by atoms with Crippen LogP contribution < -0.4 is 5.32 Å². The van der Waals surface area contributed by atoms with Crippen molar-refractivity contribution >= 4 is 5.91 Å². The lowest BCUT2D eigenvalue weighted by molar-refractivity contribution is -0.146. The molecule has 1 unspecified atom stereocenters. The number of piperidine rings is 1. The van der Waals surface area contributed by atoms with Gasteiger partial charge in [0.25, 0.3) is 5.91 Å². The summed E-state index contributed by atoms with van der Waals surface area (Å²) in [6, 6.07) is 0. The number of likely N-dealkylation sites (tertiary alicyclic amines) is 2. The summed E-state index contributed by atoms with van der Waals surface area (Å²) in [6.07, 6.45) is 4.79. The third-order valence-corrected chi connectivity index (χ3v) is 4.84. The van der Waals surface area contributed by atoms with E-state index in [2.05, 4.69) is 10.2 Å². The van der Waals surface area contributed by atoms with Crippen LogP contribution in [0, 0.1) is 5.92 Å². The highest BCUT2D eigenvalue weighted by atomic mass is 16.5. The van der Waals surface area contributed by atoms with Crippen molar-refractivity contribution in [3.63, 3.8) is 0 Å². The molecule has 3 fully saturated rings. The number of hydrogen-bond donors (Lipinski definition) is 1. The van der Waals surface area contributed by atoms with Crippen LogP contribution in [0.25, 0.3) is 0 Å². The van der Waals surface area contributed by atoms with Crippen molar-refractivity contribution in [2.45, 2.75) is 31.8 Å². The average Bonchev–Trinajstić information content (AvgIpc) is 3.01. The largest absolute Gasteiger partial charge is 0.366 e. The average molecular weight is 281 g/mol. The molecule has 0 aliphatic carbocycles. The lowest BCUT2D eigenvalue weighted by Gasteiger charge is -2.36. The Labute approximate surface area is 121 Å². The van der Waals surface area contributed by atoms with Crippen molar-refractivity contribution in [2.75, 3.05) is 52.4 Å². The molecular weight excluding hydrogens is 254 g/mol. The van der Waals surface area contributed by atoms with Crippen molar-refractivity contribution in [3.05, 3.63) is 0 Å². The normalized spacial score (nSPS) is 29.8. The fourth-order valence-electron chi connectivity index (χ4n) is 3.59. The fraction of sp³-hybridized carbons (Fsp3) is 0.933. The zero-order valence-electron chi connectivity index (χ0n) is 12.4. The summed E-state index contributed by atoms with van der Waals surface area (Å²) in [7, 11) is 0. The topological polar surface area (TPSA) is 44.8 Å². The zero-order valence-corrected chi connectivity index (χ0v) is 12.4. The first-order chi connectivity index (χ1) is 9.83. The van der Waals surface area contributed by atoms with E-state index < -0.39 is 0 Å². The van der Waals surface area contributed by atoms with Gasteiger partial charge in [-0.25, -0.2) is 0 Å². The first-order valence-electron chi connectivity index (χ1n) is 8.16. The molecule has 1 atom stereocenters. The van der Waals surface area contributed by atoms with E-state index in [1.54, 1.807) is 0 Å². The van der Waals surface area contributed by atoms with E-state index in [1.165, 1.54) is 32.5 Å². The molecule has 3 aliphatic rings. The molecule has 1 N–H and O–H groups in total. The van der Waals surface area contributed by atoms with Gasteiger partial charge in [-0.1, -0.05) is 0 Å². The van der Waals surface area contributed by atoms with E-state index in [4.69, 9.17) is 4.74 Å². The standard InChI is InChI=1S/C15H27N3O2/c19-15(14-11-16-5-10-20-14)18-8-3-13(4-9-18)12-17-6-1-2-7-17/h13-14,16H,1-12H2. The first-order valence-corrected chi connectivity index (χ1v) is 8.16. The number of carbonyl (C=O) groups is 1. The van der Waals surface area contributed by atoms with Gasteiger partial charge in [0.05, 0.1) is 6.61 Å². The van der Waals surface area contributed by atoms with Crippen LogP contribution in [0.1, 0.15) is 25.7 Å². The highest BCUT2D eigenvalue weighted by Crippen LogP contribution is 2.21. The van der Waals surface area contributed by atoms with Crippen molar-refractivity contribution in [2.24, 2.45) is 5.92 Å². The third-order valence-electron chi connectivity index (χ3n) is 4.84. The monoisotopic (exact) mass is 281 g/mol. The van der Waals surface area contributed by atoms with Crippen LogP contribution in [-0.2, 0) is 9.53 Å². The van der Waals surface area contributed by atoms with E-state index in [0.29, 0.717) is 13.2 Å². The van der Waals surface area contributed by atoms with Crippen LogP contribution in [0.4, 0.5) is 0 Å². The maximum absolute atomic E-state index is 12.4.